The van der Waals surface area contributed by atoms with Gasteiger partial charge in [0.2, 0.25) is 5.82 Å². The molecule has 0 saturated heterocycles. The zero-order valence-corrected chi connectivity index (χ0v) is 10.3. The largest absolute Gasteiger partial charge is 0.385 e. The van der Waals surface area contributed by atoms with Gasteiger partial charge in [-0.05, 0) is 32.4 Å². The molecule has 90 valence electrons. The molecule has 0 bridgehead atoms. The molecule has 1 aromatic heterocycles. The number of aliphatic hydroxyl groups excluding tert-OH is 1. The first-order valence-corrected chi connectivity index (χ1v) is 5.70. The third-order valence-corrected chi connectivity index (χ3v) is 2.60. The first kappa shape index (κ1) is 11.8. The molecule has 1 heterocycles. The monoisotopic (exact) mass is 232 g/mol. The Labute approximate surface area is 100 Å². The summed E-state index contributed by atoms with van der Waals surface area (Å²) < 4.78 is 5.16. The number of aryl methyl sites for hydroxylation is 2. The predicted molar refractivity (Wildman–Crippen MR) is 64.5 cm³/mol. The van der Waals surface area contributed by atoms with Gasteiger partial charge in [-0.25, -0.2) is 0 Å². The zero-order chi connectivity index (χ0) is 12.4. The summed E-state index contributed by atoms with van der Waals surface area (Å²) in [6.07, 6.45) is -0.0790. The molecular formula is C13H16N2O2. The maximum Gasteiger partial charge on any atom is 0.258 e. The van der Waals surface area contributed by atoms with Crippen LogP contribution in [-0.2, 0) is 0 Å². The Kier molecular flexibility index (Phi) is 3.24. The molecule has 1 aromatic carbocycles. The Hall–Kier alpha value is -1.68. The van der Waals surface area contributed by atoms with Gasteiger partial charge in [-0.2, -0.15) is 4.98 Å². The normalized spacial score (nSPS) is 12.7. The second-order valence-corrected chi connectivity index (χ2v) is 4.26. The van der Waals surface area contributed by atoms with Crippen molar-refractivity contribution in [2.45, 2.75) is 33.3 Å². The van der Waals surface area contributed by atoms with Crippen molar-refractivity contribution in [1.29, 1.82) is 0 Å². The Morgan fingerprint density at radius 1 is 1.24 bits per heavy atom. The SMILES string of the molecule is CCC(O)c1noc(-c2cc(C)cc(C)c2)n1. The van der Waals surface area contributed by atoms with Crippen molar-refractivity contribution in [3.8, 4) is 11.5 Å². The number of hydrogen-bond acceptors (Lipinski definition) is 4. The lowest BCUT2D eigenvalue weighted by atomic mass is 10.1. The van der Waals surface area contributed by atoms with Crippen LogP contribution in [0.2, 0.25) is 0 Å². The highest BCUT2D eigenvalue weighted by molar-refractivity contribution is 5.55. The first-order chi connectivity index (χ1) is 8.10. The van der Waals surface area contributed by atoms with E-state index in [1.54, 1.807) is 0 Å². The highest BCUT2D eigenvalue weighted by Gasteiger charge is 2.14. The van der Waals surface area contributed by atoms with Gasteiger partial charge in [0.25, 0.3) is 5.89 Å². The van der Waals surface area contributed by atoms with Crippen LogP contribution < -0.4 is 0 Å². The summed E-state index contributed by atoms with van der Waals surface area (Å²) in [5.74, 6) is 0.806. The Bertz CT molecular complexity index is 500. The van der Waals surface area contributed by atoms with Crippen LogP contribution in [0.25, 0.3) is 11.5 Å². The van der Waals surface area contributed by atoms with Gasteiger partial charge >= 0.3 is 0 Å². The molecule has 1 atom stereocenters. The van der Waals surface area contributed by atoms with Gasteiger partial charge in [0.15, 0.2) is 0 Å². The van der Waals surface area contributed by atoms with E-state index in [-0.39, 0.29) is 0 Å². The number of rotatable bonds is 3. The van der Waals surface area contributed by atoms with E-state index in [1.165, 1.54) is 0 Å². The smallest absolute Gasteiger partial charge is 0.258 e. The fourth-order valence-electron chi connectivity index (χ4n) is 1.77. The van der Waals surface area contributed by atoms with E-state index in [0.29, 0.717) is 18.1 Å². The Balaban J connectivity index is 2.36. The lowest BCUT2D eigenvalue weighted by molar-refractivity contribution is 0.159. The van der Waals surface area contributed by atoms with Crippen LogP contribution in [0, 0.1) is 13.8 Å². The quantitative estimate of drug-likeness (QED) is 0.884. The minimum Gasteiger partial charge on any atom is -0.385 e. The summed E-state index contributed by atoms with van der Waals surface area (Å²) in [7, 11) is 0. The molecule has 2 aromatic rings. The molecule has 0 radical (unpaired) electrons. The predicted octanol–water partition coefficient (Wildman–Crippen LogP) is 2.80. The average Bonchev–Trinajstić information content (AvgIpc) is 2.76. The fraction of sp³-hybridized carbons (Fsp3) is 0.385. The maximum atomic E-state index is 9.61. The minimum absolute atomic E-state index is 0.349. The van der Waals surface area contributed by atoms with Gasteiger partial charge < -0.3 is 9.63 Å². The summed E-state index contributed by atoms with van der Waals surface area (Å²) in [6.45, 7) is 5.92. The topological polar surface area (TPSA) is 59.2 Å². The van der Waals surface area contributed by atoms with Crippen molar-refractivity contribution in [3.63, 3.8) is 0 Å². The van der Waals surface area contributed by atoms with Crippen LogP contribution >= 0.6 is 0 Å². The number of nitrogens with zero attached hydrogens (tertiary/aromatic N) is 2. The zero-order valence-electron chi connectivity index (χ0n) is 10.3. The Morgan fingerprint density at radius 3 is 2.47 bits per heavy atom. The number of aliphatic hydroxyl groups is 1. The van der Waals surface area contributed by atoms with E-state index >= 15 is 0 Å². The van der Waals surface area contributed by atoms with E-state index in [9.17, 15) is 5.11 Å². The van der Waals surface area contributed by atoms with Crippen LogP contribution in [0.5, 0.6) is 0 Å². The standard InChI is InChI=1S/C13H16N2O2/c1-4-11(16)12-14-13(17-15-12)10-6-8(2)5-9(3)7-10/h5-7,11,16H,4H2,1-3H3. The molecule has 2 rings (SSSR count). The fourth-order valence-corrected chi connectivity index (χ4v) is 1.77. The lowest BCUT2D eigenvalue weighted by Gasteiger charge is -2.00. The van der Waals surface area contributed by atoms with E-state index < -0.39 is 6.10 Å². The molecule has 17 heavy (non-hydrogen) atoms. The number of benzene rings is 1. The van der Waals surface area contributed by atoms with E-state index in [2.05, 4.69) is 16.2 Å². The van der Waals surface area contributed by atoms with Crippen molar-refractivity contribution in [3.05, 3.63) is 35.2 Å². The summed E-state index contributed by atoms with van der Waals surface area (Å²) in [5.41, 5.74) is 3.19. The van der Waals surface area contributed by atoms with Gasteiger partial charge in [0, 0.05) is 5.56 Å². The van der Waals surface area contributed by atoms with Crippen LogP contribution in [0.3, 0.4) is 0 Å². The van der Waals surface area contributed by atoms with Crippen molar-refractivity contribution in [2.24, 2.45) is 0 Å². The van der Waals surface area contributed by atoms with Gasteiger partial charge in [0.05, 0.1) is 0 Å². The number of aromatic nitrogens is 2. The highest BCUT2D eigenvalue weighted by Crippen LogP contribution is 2.22. The Morgan fingerprint density at radius 2 is 1.88 bits per heavy atom. The molecule has 4 nitrogen and oxygen atoms in total. The van der Waals surface area contributed by atoms with Crippen molar-refractivity contribution < 1.29 is 9.63 Å². The van der Waals surface area contributed by atoms with Crippen LogP contribution in [-0.4, -0.2) is 15.2 Å². The molecule has 0 aliphatic carbocycles. The second-order valence-electron chi connectivity index (χ2n) is 4.26. The van der Waals surface area contributed by atoms with Crippen LogP contribution in [0.15, 0.2) is 22.7 Å². The van der Waals surface area contributed by atoms with E-state index in [0.717, 1.165) is 16.7 Å². The molecular weight excluding hydrogens is 216 g/mol. The highest BCUT2D eigenvalue weighted by atomic mass is 16.5. The molecule has 0 amide bonds. The first-order valence-electron chi connectivity index (χ1n) is 5.70. The summed E-state index contributed by atoms with van der Waals surface area (Å²) in [4.78, 5) is 4.21. The number of hydrogen-bond donors (Lipinski definition) is 1. The molecule has 1 N–H and O–H groups in total. The summed E-state index contributed by atoms with van der Waals surface area (Å²) >= 11 is 0. The van der Waals surface area contributed by atoms with Gasteiger partial charge in [-0.3, -0.25) is 0 Å². The maximum absolute atomic E-state index is 9.61. The second kappa shape index (κ2) is 4.67. The van der Waals surface area contributed by atoms with Crippen LogP contribution in [0.1, 0.15) is 36.4 Å². The lowest BCUT2D eigenvalue weighted by Crippen LogP contribution is -1.97. The van der Waals surface area contributed by atoms with Gasteiger partial charge in [-0.1, -0.05) is 29.3 Å². The van der Waals surface area contributed by atoms with Gasteiger partial charge in [0.1, 0.15) is 6.10 Å². The minimum atomic E-state index is -0.654. The van der Waals surface area contributed by atoms with Crippen molar-refractivity contribution >= 4 is 0 Å². The molecule has 0 fully saturated rings. The third-order valence-electron chi connectivity index (χ3n) is 2.60. The van der Waals surface area contributed by atoms with E-state index in [1.807, 2.05) is 32.9 Å². The van der Waals surface area contributed by atoms with Crippen molar-refractivity contribution in [2.75, 3.05) is 0 Å². The molecule has 0 aliphatic rings. The van der Waals surface area contributed by atoms with Gasteiger partial charge in [-0.15, -0.1) is 0 Å². The van der Waals surface area contributed by atoms with E-state index in [4.69, 9.17) is 4.52 Å². The molecule has 0 aliphatic heterocycles. The third kappa shape index (κ3) is 2.53. The van der Waals surface area contributed by atoms with Crippen LogP contribution in [0.4, 0.5) is 0 Å². The molecule has 4 heteroatoms. The molecule has 1 unspecified atom stereocenters. The van der Waals surface area contributed by atoms with Crippen molar-refractivity contribution in [1.82, 2.24) is 10.1 Å². The average molecular weight is 232 g/mol. The molecule has 0 saturated carbocycles. The summed E-state index contributed by atoms with van der Waals surface area (Å²) in [6, 6.07) is 6.06. The summed E-state index contributed by atoms with van der Waals surface area (Å²) in [5, 5.41) is 13.4. The molecule has 0 spiro atoms.